The van der Waals surface area contributed by atoms with Crippen LogP contribution in [0.1, 0.15) is 48.6 Å². The van der Waals surface area contributed by atoms with Crippen LogP contribution < -0.4 is 9.21 Å². The van der Waals surface area contributed by atoms with E-state index in [9.17, 15) is 9.90 Å². The minimum Gasteiger partial charge on any atom is -0.481 e. The van der Waals surface area contributed by atoms with Crippen molar-refractivity contribution >= 4 is 29.4 Å². The Kier molecular flexibility index (Phi) is 10.1. The summed E-state index contributed by atoms with van der Waals surface area (Å²) < 4.78 is 7.80. The molecule has 1 saturated heterocycles. The number of morpholine rings is 1. The van der Waals surface area contributed by atoms with Gasteiger partial charge >= 0.3 is 5.97 Å². The maximum atomic E-state index is 12.0. The topological polar surface area (TPSA) is 86.1 Å². The Bertz CT molecular complexity index is 1700. The predicted octanol–water partition coefficient (Wildman–Crippen LogP) is 7.85. The number of hydrogen-bond acceptors (Lipinski definition) is 7. The number of aryl methyl sites for hydroxylation is 1. The van der Waals surface area contributed by atoms with E-state index in [2.05, 4.69) is 90.8 Å². The van der Waals surface area contributed by atoms with Gasteiger partial charge in [0.05, 0.1) is 37.5 Å². The molecule has 3 heterocycles. The van der Waals surface area contributed by atoms with Crippen LogP contribution >= 0.6 is 11.9 Å². The van der Waals surface area contributed by atoms with Gasteiger partial charge in [-0.05, 0) is 104 Å². The number of nitrogens with zero attached hydrogens (tertiary/aromatic N) is 3. The van der Waals surface area contributed by atoms with E-state index in [0.717, 1.165) is 83.3 Å². The molecule has 2 N–H and O–H groups in total. The van der Waals surface area contributed by atoms with Crippen molar-refractivity contribution in [2.45, 2.75) is 60.1 Å². The summed E-state index contributed by atoms with van der Waals surface area (Å²) in [6.45, 7) is 15.5. The number of aromatic nitrogens is 1. The van der Waals surface area contributed by atoms with Crippen molar-refractivity contribution in [1.82, 2.24) is 4.98 Å². The highest BCUT2D eigenvalue weighted by molar-refractivity contribution is 7.99. The van der Waals surface area contributed by atoms with E-state index in [-0.39, 0.29) is 6.42 Å². The van der Waals surface area contributed by atoms with Crippen LogP contribution in [-0.4, -0.2) is 59.3 Å². The Morgan fingerprint density at radius 1 is 0.913 bits per heavy atom. The number of ether oxygens (including phenoxy) is 1. The van der Waals surface area contributed by atoms with E-state index in [4.69, 9.17) is 14.8 Å². The van der Waals surface area contributed by atoms with E-state index in [0.29, 0.717) is 0 Å². The van der Waals surface area contributed by atoms with Gasteiger partial charge in [-0.2, -0.15) is 0 Å². The van der Waals surface area contributed by atoms with E-state index in [1.165, 1.54) is 22.3 Å². The Balaban J connectivity index is 0.000000775. The molecule has 0 atom stereocenters. The second-order valence-corrected chi connectivity index (χ2v) is 13.8. The van der Waals surface area contributed by atoms with E-state index in [1.807, 2.05) is 6.20 Å². The smallest absolute Gasteiger partial charge is 0.307 e. The van der Waals surface area contributed by atoms with Gasteiger partial charge in [-0.1, -0.05) is 53.9 Å². The molecule has 2 aliphatic heterocycles. The first-order chi connectivity index (χ1) is 21.9. The largest absolute Gasteiger partial charge is 0.481 e. The fourth-order valence-electron chi connectivity index (χ4n) is 6.25. The number of rotatable bonds is 6. The molecule has 0 saturated carbocycles. The lowest BCUT2D eigenvalue weighted by molar-refractivity contribution is -0.136. The summed E-state index contributed by atoms with van der Waals surface area (Å²) in [5.74, 6) is 0.176. The minimum atomic E-state index is -0.814. The number of aliphatic hydroxyl groups is 1. The minimum absolute atomic E-state index is 0.00930. The van der Waals surface area contributed by atoms with Gasteiger partial charge in [0.15, 0.2) is 0 Å². The molecular weight excluding hydrogens is 595 g/mol. The third-order valence-electron chi connectivity index (χ3n) is 8.34. The summed E-state index contributed by atoms with van der Waals surface area (Å²) in [5.41, 5.74) is 12.8. The third-order valence-corrected chi connectivity index (χ3v) is 9.09. The number of carboxylic acids is 1. The molecule has 3 aromatic carbocycles. The monoisotopic (exact) mass is 639 g/mol. The van der Waals surface area contributed by atoms with Gasteiger partial charge in [-0.15, -0.1) is 0 Å². The van der Waals surface area contributed by atoms with Crippen molar-refractivity contribution in [3.05, 3.63) is 88.6 Å². The first-order valence-electron chi connectivity index (χ1n) is 15.8. The van der Waals surface area contributed by atoms with Crippen LogP contribution in [0.15, 0.2) is 60.8 Å². The van der Waals surface area contributed by atoms with Gasteiger partial charge in [0.2, 0.25) is 0 Å². The molecule has 0 unspecified atom stereocenters. The Hall–Kier alpha value is -3.85. The molecule has 0 bridgehead atoms. The summed E-state index contributed by atoms with van der Waals surface area (Å²) in [4.78, 5) is 19.1. The van der Waals surface area contributed by atoms with Crippen LogP contribution in [0.3, 0.4) is 0 Å². The summed E-state index contributed by atoms with van der Waals surface area (Å²) in [6, 6.07) is 19.4. The number of fused-ring (bicyclic) bond motifs is 3. The first-order valence-corrected chi connectivity index (χ1v) is 16.9. The van der Waals surface area contributed by atoms with Gasteiger partial charge in [0.1, 0.15) is 5.82 Å². The molecule has 0 spiro atoms. The average molecular weight is 640 g/mol. The molecular formula is C38H45N3O4S. The molecule has 0 aliphatic carbocycles. The summed E-state index contributed by atoms with van der Waals surface area (Å²) in [5, 5.41) is 18.4. The number of benzene rings is 3. The number of carboxylic acid groups (broad SMARTS) is 1. The van der Waals surface area contributed by atoms with Crippen molar-refractivity contribution in [2.75, 3.05) is 41.8 Å². The SMILES string of the molecule is CC(C)(C)O.CSN1Cc2cc(-c3ccc(N4CCOCC4)nc3)ccc2-c2c(C)c(-c3ccc(C)cc3)c(CC(=O)O)c(C)c21. The first kappa shape index (κ1) is 33.5. The van der Waals surface area contributed by atoms with Gasteiger partial charge in [0.25, 0.3) is 0 Å². The number of pyridine rings is 1. The molecule has 6 rings (SSSR count). The normalized spacial score (nSPS) is 14.3. The van der Waals surface area contributed by atoms with Crippen LogP contribution in [0.4, 0.5) is 11.5 Å². The lowest BCUT2D eigenvalue weighted by atomic mass is 9.80. The third kappa shape index (κ3) is 7.41. The van der Waals surface area contributed by atoms with Gasteiger partial charge in [-0.25, -0.2) is 4.98 Å². The Labute approximate surface area is 277 Å². The molecule has 0 amide bonds. The average Bonchev–Trinajstić information content (AvgIpc) is 3.02. The molecule has 4 aromatic rings. The summed E-state index contributed by atoms with van der Waals surface area (Å²) in [7, 11) is 0. The molecule has 1 aromatic heterocycles. The van der Waals surface area contributed by atoms with Crippen molar-refractivity contribution in [1.29, 1.82) is 0 Å². The zero-order valence-electron chi connectivity index (χ0n) is 28.0. The quantitative estimate of drug-likeness (QED) is 0.206. The molecule has 0 radical (unpaired) electrons. The number of aliphatic carboxylic acids is 1. The molecule has 1 fully saturated rings. The van der Waals surface area contributed by atoms with Crippen molar-refractivity contribution in [3.8, 4) is 33.4 Å². The zero-order valence-corrected chi connectivity index (χ0v) is 28.8. The highest BCUT2D eigenvalue weighted by Gasteiger charge is 2.30. The molecule has 8 heteroatoms. The number of carbonyl (C=O) groups is 1. The molecule has 2 aliphatic rings. The van der Waals surface area contributed by atoms with E-state index >= 15 is 0 Å². The van der Waals surface area contributed by atoms with E-state index in [1.54, 1.807) is 32.7 Å². The highest BCUT2D eigenvalue weighted by Crippen LogP contribution is 2.50. The van der Waals surface area contributed by atoms with Crippen molar-refractivity contribution in [3.63, 3.8) is 0 Å². The second kappa shape index (κ2) is 13.9. The maximum absolute atomic E-state index is 12.0. The fraction of sp³-hybridized carbons (Fsp3) is 0.368. The summed E-state index contributed by atoms with van der Waals surface area (Å²) >= 11 is 1.68. The van der Waals surface area contributed by atoms with Crippen molar-refractivity contribution in [2.24, 2.45) is 0 Å². The van der Waals surface area contributed by atoms with Crippen LogP contribution in [0.2, 0.25) is 0 Å². The van der Waals surface area contributed by atoms with Gasteiger partial charge in [0, 0.05) is 36.7 Å². The standard InChI is InChI=1S/C34H35N3O3S.C4H10O/c1-21-5-7-24(8-6-21)32-23(3)33-28-11-9-25(26-10-12-30(35-19-26)36-13-15-40-16-14-36)17-27(28)20-37(41-4)34(33)22(2)29(32)18-31(38)39;1-4(2,3)5/h5-12,17,19H,13-16,18,20H2,1-4H3,(H,38,39);5H,1-3H3. The van der Waals surface area contributed by atoms with Gasteiger partial charge < -0.3 is 24.2 Å². The van der Waals surface area contributed by atoms with E-state index < -0.39 is 11.6 Å². The predicted molar refractivity (Wildman–Crippen MR) is 191 cm³/mol. The molecule has 46 heavy (non-hydrogen) atoms. The number of hydrogen-bond donors (Lipinski definition) is 2. The Morgan fingerprint density at radius 2 is 1.54 bits per heavy atom. The lowest BCUT2D eigenvalue weighted by Gasteiger charge is -2.36. The van der Waals surface area contributed by atoms with Crippen LogP contribution in [0.25, 0.3) is 33.4 Å². The van der Waals surface area contributed by atoms with Crippen LogP contribution in [-0.2, 0) is 22.5 Å². The molecule has 242 valence electrons. The molecule has 7 nitrogen and oxygen atoms in total. The van der Waals surface area contributed by atoms with Crippen molar-refractivity contribution < 1.29 is 19.7 Å². The Morgan fingerprint density at radius 3 is 2.13 bits per heavy atom. The summed E-state index contributed by atoms with van der Waals surface area (Å²) in [6.07, 6.45) is 4.05. The zero-order chi connectivity index (χ0) is 33.2. The van der Waals surface area contributed by atoms with Crippen LogP contribution in [0, 0.1) is 20.8 Å². The fourth-order valence-corrected chi connectivity index (χ4v) is 6.92. The number of anilines is 2. The van der Waals surface area contributed by atoms with Crippen LogP contribution in [0.5, 0.6) is 0 Å². The lowest BCUT2D eigenvalue weighted by Crippen LogP contribution is -2.36. The second-order valence-electron chi connectivity index (χ2n) is 13.0. The maximum Gasteiger partial charge on any atom is 0.307 e. The van der Waals surface area contributed by atoms with Gasteiger partial charge in [-0.3, -0.25) is 4.79 Å². The highest BCUT2D eigenvalue weighted by atomic mass is 32.2.